The molecule has 0 spiro atoms. The molecule has 2 aromatic carbocycles. The molecular weight excluding hydrogens is 322 g/mol. The van der Waals surface area contributed by atoms with Crippen LogP contribution in [0.4, 0.5) is 4.79 Å². The van der Waals surface area contributed by atoms with E-state index in [-0.39, 0.29) is 23.5 Å². The lowest BCUT2D eigenvalue weighted by Gasteiger charge is -2.31. The maximum atomic E-state index is 12.4. The summed E-state index contributed by atoms with van der Waals surface area (Å²) in [6.45, 7) is 9.04. The number of carbonyl (C=O) groups is 1. The van der Waals surface area contributed by atoms with E-state index in [2.05, 4.69) is 64.1 Å². The summed E-state index contributed by atoms with van der Waals surface area (Å²) in [5, 5.41) is 0. The zero-order valence-electron chi connectivity index (χ0n) is 16.0. The molecule has 1 fully saturated rings. The summed E-state index contributed by atoms with van der Waals surface area (Å²) < 4.78 is 5.37. The van der Waals surface area contributed by atoms with Crippen molar-refractivity contribution in [2.24, 2.45) is 5.41 Å². The van der Waals surface area contributed by atoms with E-state index in [4.69, 9.17) is 4.74 Å². The molecule has 1 amide bonds. The van der Waals surface area contributed by atoms with Gasteiger partial charge in [-0.3, -0.25) is 4.90 Å². The molecule has 0 aromatic heterocycles. The van der Waals surface area contributed by atoms with Gasteiger partial charge < -0.3 is 4.74 Å². The summed E-state index contributed by atoms with van der Waals surface area (Å²) in [4.78, 5) is 14.2. The van der Waals surface area contributed by atoms with Crippen molar-refractivity contribution in [3.8, 4) is 0 Å². The molecule has 1 heterocycles. The molecule has 1 saturated heterocycles. The molecule has 2 atom stereocenters. The number of allylic oxidation sites excluding steroid dienone is 1. The molecule has 0 bridgehead atoms. The van der Waals surface area contributed by atoms with E-state index in [0.717, 1.165) is 11.1 Å². The van der Waals surface area contributed by atoms with E-state index in [0.29, 0.717) is 6.61 Å². The molecule has 0 aliphatic carbocycles. The Balaban J connectivity index is 2.06. The van der Waals surface area contributed by atoms with Crippen molar-refractivity contribution in [1.29, 1.82) is 0 Å². The van der Waals surface area contributed by atoms with Crippen molar-refractivity contribution in [1.82, 2.24) is 4.90 Å². The molecule has 1 unspecified atom stereocenters. The van der Waals surface area contributed by atoms with E-state index in [1.54, 1.807) is 4.90 Å². The lowest BCUT2D eigenvalue weighted by atomic mass is 9.85. The third kappa shape index (κ3) is 3.82. The van der Waals surface area contributed by atoms with Crippen LogP contribution in [0.15, 0.2) is 66.9 Å². The molecule has 0 radical (unpaired) electrons. The molecule has 3 rings (SSSR count). The lowest BCUT2D eigenvalue weighted by molar-refractivity contribution is 0.166. The molecular formula is C23H27NO2. The van der Waals surface area contributed by atoms with Gasteiger partial charge in [-0.1, -0.05) is 88.4 Å². The first-order valence-electron chi connectivity index (χ1n) is 9.15. The Hall–Kier alpha value is -2.55. The highest BCUT2D eigenvalue weighted by molar-refractivity contribution is 5.77. The highest BCUT2D eigenvalue weighted by Crippen LogP contribution is 2.36. The highest BCUT2D eigenvalue weighted by Gasteiger charge is 2.40. The van der Waals surface area contributed by atoms with E-state index in [1.807, 2.05) is 30.5 Å². The van der Waals surface area contributed by atoms with E-state index in [1.165, 1.54) is 5.56 Å². The van der Waals surface area contributed by atoms with Crippen LogP contribution in [0.5, 0.6) is 0 Å². The fraction of sp³-hybridized carbons (Fsp3) is 0.348. The Labute approximate surface area is 156 Å². The van der Waals surface area contributed by atoms with Gasteiger partial charge in [-0.05, 0) is 22.1 Å². The Morgan fingerprint density at radius 3 is 2.23 bits per heavy atom. The zero-order chi connectivity index (χ0) is 18.7. The monoisotopic (exact) mass is 349 g/mol. The highest BCUT2D eigenvalue weighted by atomic mass is 16.6. The van der Waals surface area contributed by atoms with Crippen molar-refractivity contribution >= 4 is 11.7 Å². The van der Waals surface area contributed by atoms with Crippen LogP contribution in [-0.2, 0) is 4.74 Å². The van der Waals surface area contributed by atoms with Gasteiger partial charge in [-0.2, -0.15) is 0 Å². The van der Waals surface area contributed by atoms with Crippen LogP contribution in [0.1, 0.15) is 44.7 Å². The molecule has 1 aliphatic rings. The average molecular weight is 349 g/mol. The van der Waals surface area contributed by atoms with Crippen LogP contribution in [0.3, 0.4) is 0 Å². The topological polar surface area (TPSA) is 29.5 Å². The zero-order valence-corrected chi connectivity index (χ0v) is 16.0. The van der Waals surface area contributed by atoms with E-state index in [9.17, 15) is 4.79 Å². The summed E-state index contributed by atoms with van der Waals surface area (Å²) in [6.07, 6.45) is 1.73. The number of amides is 1. The van der Waals surface area contributed by atoms with Gasteiger partial charge in [-0.25, -0.2) is 4.79 Å². The van der Waals surface area contributed by atoms with Crippen LogP contribution in [0.2, 0.25) is 0 Å². The summed E-state index contributed by atoms with van der Waals surface area (Å²) in [5.41, 5.74) is 3.41. The number of ether oxygens (including phenoxy) is 1. The van der Waals surface area contributed by atoms with E-state index < -0.39 is 0 Å². The standard InChI is InChI=1S/C23H27NO2/c1-17(18-11-7-5-8-12-18)20(19-13-9-6-10-14-19)15-24-21(23(2,3)4)16-26-22(24)25/h5-15,17,21H,16H2,1-4H3/b20-15-/t17?,21-/m1/s1. The van der Waals surface area contributed by atoms with Gasteiger partial charge >= 0.3 is 6.09 Å². The van der Waals surface area contributed by atoms with Crippen molar-refractivity contribution in [3.63, 3.8) is 0 Å². The fourth-order valence-corrected chi connectivity index (χ4v) is 3.38. The number of rotatable bonds is 4. The lowest BCUT2D eigenvalue weighted by Crippen LogP contribution is -2.39. The quantitative estimate of drug-likeness (QED) is 0.709. The van der Waals surface area contributed by atoms with Gasteiger partial charge in [-0.15, -0.1) is 0 Å². The van der Waals surface area contributed by atoms with Gasteiger partial charge in [0, 0.05) is 12.1 Å². The average Bonchev–Trinajstić information content (AvgIpc) is 3.01. The summed E-state index contributed by atoms with van der Waals surface area (Å²) >= 11 is 0. The van der Waals surface area contributed by atoms with Crippen LogP contribution in [0.25, 0.3) is 5.57 Å². The Bertz CT molecular complexity index is 775. The Morgan fingerprint density at radius 1 is 1.08 bits per heavy atom. The molecule has 2 aromatic rings. The molecule has 0 N–H and O–H groups in total. The predicted octanol–water partition coefficient (Wildman–Crippen LogP) is 5.70. The summed E-state index contributed by atoms with van der Waals surface area (Å²) in [5.74, 6) is 0.160. The van der Waals surface area contributed by atoms with Crippen molar-refractivity contribution in [2.75, 3.05) is 6.61 Å². The number of cyclic esters (lactones) is 1. The minimum atomic E-state index is -0.265. The number of carbonyl (C=O) groups excluding carboxylic acids is 1. The first-order valence-corrected chi connectivity index (χ1v) is 9.15. The second-order valence-corrected chi connectivity index (χ2v) is 7.95. The third-order valence-corrected chi connectivity index (χ3v) is 5.06. The number of hydrogen-bond acceptors (Lipinski definition) is 2. The minimum absolute atomic E-state index is 0.0247. The van der Waals surface area contributed by atoms with Crippen LogP contribution >= 0.6 is 0 Å². The SMILES string of the molecule is CC(/C(=C/N1C(=O)OC[C@@H]1C(C)(C)C)c1ccccc1)c1ccccc1. The van der Waals surface area contributed by atoms with Crippen LogP contribution in [-0.4, -0.2) is 23.6 Å². The fourth-order valence-electron chi connectivity index (χ4n) is 3.38. The van der Waals surface area contributed by atoms with Crippen molar-refractivity contribution < 1.29 is 9.53 Å². The Morgan fingerprint density at radius 2 is 1.65 bits per heavy atom. The summed E-state index contributed by atoms with van der Waals surface area (Å²) in [6, 6.07) is 20.7. The Kier molecular flexibility index (Phi) is 5.17. The normalized spacial score (nSPS) is 19.4. The predicted molar refractivity (Wildman–Crippen MR) is 106 cm³/mol. The first kappa shape index (κ1) is 18.2. The summed E-state index contributed by atoms with van der Waals surface area (Å²) in [7, 11) is 0. The number of nitrogens with zero attached hydrogens (tertiary/aromatic N) is 1. The second kappa shape index (κ2) is 7.36. The van der Waals surface area contributed by atoms with Gasteiger partial charge in [0.25, 0.3) is 0 Å². The molecule has 136 valence electrons. The molecule has 0 saturated carbocycles. The van der Waals surface area contributed by atoms with Gasteiger partial charge in [0.2, 0.25) is 0 Å². The molecule has 26 heavy (non-hydrogen) atoms. The second-order valence-electron chi connectivity index (χ2n) is 7.95. The molecule has 3 heteroatoms. The van der Waals surface area contributed by atoms with Crippen molar-refractivity contribution in [2.45, 2.75) is 39.7 Å². The van der Waals surface area contributed by atoms with Crippen molar-refractivity contribution in [3.05, 3.63) is 78.0 Å². The molecule has 3 nitrogen and oxygen atoms in total. The van der Waals surface area contributed by atoms with Crippen LogP contribution < -0.4 is 0 Å². The number of hydrogen-bond donors (Lipinski definition) is 0. The number of benzene rings is 2. The maximum Gasteiger partial charge on any atom is 0.414 e. The first-order chi connectivity index (χ1) is 12.4. The van der Waals surface area contributed by atoms with Gasteiger partial charge in [0.05, 0.1) is 6.04 Å². The van der Waals surface area contributed by atoms with Gasteiger partial charge in [0.1, 0.15) is 6.61 Å². The van der Waals surface area contributed by atoms with E-state index >= 15 is 0 Å². The third-order valence-electron chi connectivity index (χ3n) is 5.06. The van der Waals surface area contributed by atoms with Crippen LogP contribution in [0, 0.1) is 5.41 Å². The van der Waals surface area contributed by atoms with Gasteiger partial charge in [0.15, 0.2) is 0 Å². The smallest absolute Gasteiger partial charge is 0.414 e. The largest absolute Gasteiger partial charge is 0.447 e. The minimum Gasteiger partial charge on any atom is -0.447 e. The molecule has 1 aliphatic heterocycles. The maximum absolute atomic E-state index is 12.4.